The molecule has 7 heteroatoms. The zero-order valence-electron chi connectivity index (χ0n) is 15.5. The van der Waals surface area contributed by atoms with Crippen molar-refractivity contribution in [1.82, 2.24) is 19.7 Å². The van der Waals surface area contributed by atoms with Crippen LogP contribution in [0.4, 0.5) is 0 Å². The third-order valence-electron chi connectivity index (χ3n) is 3.99. The molecule has 1 amide bonds. The molecule has 0 fully saturated rings. The monoisotopic (exact) mass is 373 g/mol. The van der Waals surface area contributed by atoms with Crippen molar-refractivity contribution in [3.05, 3.63) is 72.2 Å². The highest BCUT2D eigenvalue weighted by Crippen LogP contribution is 2.19. The lowest BCUT2D eigenvalue weighted by Crippen LogP contribution is -2.16. The lowest BCUT2D eigenvalue weighted by molar-refractivity contribution is 0.0995. The van der Waals surface area contributed by atoms with E-state index in [0.717, 1.165) is 5.69 Å². The Morgan fingerprint density at radius 3 is 2.75 bits per heavy atom. The number of hydrogen-bond acceptors (Lipinski definition) is 5. The molecule has 3 N–H and O–H groups in total. The second-order valence-corrected chi connectivity index (χ2v) is 6.37. The maximum Gasteiger partial charge on any atom is 0.267 e. The summed E-state index contributed by atoms with van der Waals surface area (Å²) in [4.78, 5) is 20.5. The van der Waals surface area contributed by atoms with Gasteiger partial charge in [0.2, 0.25) is 0 Å². The average molecular weight is 373 g/mol. The van der Waals surface area contributed by atoms with Crippen molar-refractivity contribution in [1.29, 1.82) is 0 Å². The first kappa shape index (κ1) is 19.0. The fraction of sp³-hybridized carbons (Fsp3) is 0.143. The van der Waals surface area contributed by atoms with Crippen LogP contribution in [0.3, 0.4) is 0 Å². The molecule has 3 aromatic rings. The molecule has 0 saturated carbocycles. The summed E-state index contributed by atoms with van der Waals surface area (Å²) in [5.74, 6) is 5.73. The Morgan fingerprint density at radius 2 is 2.11 bits per heavy atom. The van der Waals surface area contributed by atoms with Crippen molar-refractivity contribution < 1.29 is 9.90 Å². The fourth-order valence-corrected chi connectivity index (χ4v) is 2.39. The molecule has 0 saturated heterocycles. The van der Waals surface area contributed by atoms with E-state index >= 15 is 0 Å². The van der Waals surface area contributed by atoms with Crippen molar-refractivity contribution >= 4 is 5.91 Å². The number of nitrogens with zero attached hydrogens (tertiary/aromatic N) is 4. The van der Waals surface area contributed by atoms with Crippen molar-refractivity contribution in [3.8, 4) is 29.0 Å². The summed E-state index contributed by atoms with van der Waals surface area (Å²) in [5, 5.41) is 14.2. The van der Waals surface area contributed by atoms with Crippen LogP contribution in [0.5, 0.6) is 0 Å². The molecule has 1 atom stereocenters. The average Bonchev–Trinajstić information content (AvgIpc) is 3.12. The van der Waals surface area contributed by atoms with Crippen LogP contribution in [0.25, 0.3) is 17.2 Å². The minimum Gasteiger partial charge on any atom is -0.374 e. The van der Waals surface area contributed by atoms with Crippen LogP contribution in [0.1, 0.15) is 28.7 Å². The van der Waals surface area contributed by atoms with Gasteiger partial charge >= 0.3 is 0 Å². The minimum atomic E-state index is -1.29. The highest BCUT2D eigenvalue weighted by atomic mass is 16.3. The van der Waals surface area contributed by atoms with E-state index in [1.54, 1.807) is 42.1 Å². The number of aryl methyl sites for hydroxylation is 1. The van der Waals surface area contributed by atoms with Crippen molar-refractivity contribution in [3.63, 3.8) is 0 Å². The van der Waals surface area contributed by atoms with Crippen LogP contribution in [0, 0.1) is 18.8 Å². The number of primary amides is 1. The van der Waals surface area contributed by atoms with Gasteiger partial charge in [0.1, 0.15) is 11.3 Å². The van der Waals surface area contributed by atoms with Crippen LogP contribution in [0.15, 0.2) is 55.3 Å². The second kappa shape index (κ2) is 7.47. The first-order valence-electron chi connectivity index (χ1n) is 8.48. The number of nitrogens with two attached hydrogens (primary N) is 1. The smallest absolute Gasteiger partial charge is 0.267 e. The summed E-state index contributed by atoms with van der Waals surface area (Å²) >= 11 is 0. The number of carbonyl (C=O) groups excluding carboxylic acids is 1. The SMILES string of the molecule is C=C[C@](C)(O)C#Cc1cccc(-c2nc(C(N)=O)cc(-n3nccc3C)n2)c1. The van der Waals surface area contributed by atoms with E-state index < -0.39 is 11.5 Å². The molecule has 2 aromatic heterocycles. The zero-order valence-corrected chi connectivity index (χ0v) is 15.5. The first-order chi connectivity index (χ1) is 13.3. The number of rotatable bonds is 4. The van der Waals surface area contributed by atoms with Gasteiger partial charge in [-0.25, -0.2) is 14.6 Å². The molecule has 0 aliphatic carbocycles. The quantitative estimate of drug-likeness (QED) is 0.537. The van der Waals surface area contributed by atoms with Gasteiger partial charge in [0.15, 0.2) is 11.6 Å². The van der Waals surface area contributed by atoms with E-state index in [0.29, 0.717) is 22.8 Å². The highest BCUT2D eigenvalue weighted by Gasteiger charge is 2.14. The topological polar surface area (TPSA) is 107 Å². The minimum absolute atomic E-state index is 0.0842. The zero-order chi connectivity index (χ0) is 20.3. The van der Waals surface area contributed by atoms with E-state index in [1.165, 1.54) is 12.1 Å². The molecule has 2 heterocycles. The first-order valence-corrected chi connectivity index (χ1v) is 8.48. The number of aromatic nitrogens is 4. The van der Waals surface area contributed by atoms with Crippen LogP contribution < -0.4 is 5.73 Å². The van der Waals surface area contributed by atoms with E-state index in [4.69, 9.17) is 5.73 Å². The Hall–Kier alpha value is -3.76. The van der Waals surface area contributed by atoms with E-state index in [2.05, 4.69) is 33.5 Å². The van der Waals surface area contributed by atoms with Crippen molar-refractivity contribution in [2.75, 3.05) is 0 Å². The maximum absolute atomic E-state index is 11.7. The van der Waals surface area contributed by atoms with Crippen LogP contribution in [0.2, 0.25) is 0 Å². The van der Waals surface area contributed by atoms with Gasteiger partial charge in [0.25, 0.3) is 5.91 Å². The van der Waals surface area contributed by atoms with Crippen LogP contribution in [-0.2, 0) is 0 Å². The summed E-state index contributed by atoms with van der Waals surface area (Å²) in [7, 11) is 0. The third-order valence-corrected chi connectivity index (χ3v) is 3.99. The molecular weight excluding hydrogens is 354 g/mol. The summed E-state index contributed by atoms with van der Waals surface area (Å²) in [5.41, 5.74) is 6.40. The normalized spacial score (nSPS) is 12.5. The number of aliphatic hydroxyl groups is 1. The molecule has 0 radical (unpaired) electrons. The molecule has 0 aliphatic heterocycles. The van der Waals surface area contributed by atoms with Gasteiger partial charge in [-0.05, 0) is 38.1 Å². The predicted molar refractivity (Wildman–Crippen MR) is 106 cm³/mol. The summed E-state index contributed by atoms with van der Waals surface area (Å²) in [6.45, 7) is 6.98. The number of amides is 1. The number of carbonyl (C=O) groups is 1. The molecule has 1 aromatic carbocycles. The molecule has 0 unspecified atom stereocenters. The van der Waals surface area contributed by atoms with E-state index in [1.807, 2.05) is 13.0 Å². The summed E-state index contributed by atoms with van der Waals surface area (Å²) < 4.78 is 1.60. The van der Waals surface area contributed by atoms with Crippen LogP contribution >= 0.6 is 0 Å². The Bertz CT molecular complexity index is 1120. The Morgan fingerprint density at radius 1 is 1.32 bits per heavy atom. The Labute approximate surface area is 162 Å². The molecule has 28 heavy (non-hydrogen) atoms. The van der Waals surface area contributed by atoms with E-state index in [9.17, 15) is 9.90 Å². The molecule has 0 spiro atoms. The van der Waals surface area contributed by atoms with Crippen molar-refractivity contribution in [2.24, 2.45) is 5.73 Å². The molecule has 140 valence electrons. The molecule has 7 nitrogen and oxygen atoms in total. The standard InChI is InChI=1S/C21H19N5O2/c1-4-21(3,28)10-8-15-6-5-7-16(12-15)20-24-17(19(22)27)13-18(25-20)26-14(2)9-11-23-26/h4-7,9,11-13,28H,1H2,2-3H3,(H2,22,27)/t21-/m0/s1. The van der Waals surface area contributed by atoms with E-state index in [-0.39, 0.29) is 5.69 Å². The van der Waals surface area contributed by atoms with Crippen LogP contribution in [-0.4, -0.2) is 36.4 Å². The molecular formula is C21H19N5O2. The van der Waals surface area contributed by atoms with Gasteiger partial charge in [-0.3, -0.25) is 4.79 Å². The van der Waals surface area contributed by atoms with Gasteiger partial charge in [-0.2, -0.15) is 5.10 Å². The molecule has 0 aliphatic rings. The molecule has 3 rings (SSSR count). The Balaban J connectivity index is 2.10. The third kappa shape index (κ3) is 4.14. The van der Waals surface area contributed by atoms with Gasteiger partial charge in [-0.1, -0.05) is 30.6 Å². The Kier molecular flexibility index (Phi) is 5.07. The largest absolute Gasteiger partial charge is 0.374 e. The predicted octanol–water partition coefficient (Wildman–Crippen LogP) is 2.03. The lowest BCUT2D eigenvalue weighted by Gasteiger charge is -2.09. The summed E-state index contributed by atoms with van der Waals surface area (Å²) in [6.07, 6.45) is 3.00. The number of hydrogen-bond donors (Lipinski definition) is 2. The maximum atomic E-state index is 11.7. The highest BCUT2D eigenvalue weighted by molar-refractivity contribution is 5.91. The molecule has 0 bridgehead atoms. The lowest BCUT2D eigenvalue weighted by atomic mass is 10.1. The fourth-order valence-electron chi connectivity index (χ4n) is 2.39. The van der Waals surface area contributed by atoms with Gasteiger partial charge < -0.3 is 10.8 Å². The summed E-state index contributed by atoms with van der Waals surface area (Å²) in [6, 6.07) is 10.5. The number of benzene rings is 1. The van der Waals surface area contributed by atoms with Gasteiger partial charge in [0, 0.05) is 29.1 Å². The van der Waals surface area contributed by atoms with Gasteiger partial charge in [0.05, 0.1) is 0 Å². The second-order valence-electron chi connectivity index (χ2n) is 6.37. The van der Waals surface area contributed by atoms with Gasteiger partial charge in [-0.15, -0.1) is 0 Å². The van der Waals surface area contributed by atoms with Crippen molar-refractivity contribution in [2.45, 2.75) is 19.4 Å².